The summed E-state index contributed by atoms with van der Waals surface area (Å²) in [5, 5.41) is 10.7. The van der Waals surface area contributed by atoms with Gasteiger partial charge < -0.3 is 4.42 Å². The Bertz CT molecular complexity index is 695. The van der Waals surface area contributed by atoms with Crippen LogP contribution >= 0.6 is 0 Å². The summed E-state index contributed by atoms with van der Waals surface area (Å²) in [6.45, 7) is 1.38. The molecular weight excluding hydrogens is 265 g/mol. The van der Waals surface area contributed by atoms with Crippen molar-refractivity contribution in [3.8, 4) is 0 Å². The van der Waals surface area contributed by atoms with Crippen LogP contribution in [0.3, 0.4) is 0 Å². The van der Waals surface area contributed by atoms with E-state index in [-0.39, 0.29) is 18.1 Å². The standard InChI is InChI=1S/C13H12FN3O3/c14-9-2-1-5-16(7-9)8-13-15-11-6-10(17(18)19)3-4-12(11)20-13/h2-4,6H,1,5,7-8H2. The molecule has 2 aromatic rings. The molecule has 0 amide bonds. The maximum absolute atomic E-state index is 13.2. The minimum absolute atomic E-state index is 0.0238. The first-order valence-corrected chi connectivity index (χ1v) is 6.22. The van der Waals surface area contributed by atoms with Gasteiger partial charge in [-0.1, -0.05) is 6.08 Å². The number of rotatable bonds is 3. The van der Waals surface area contributed by atoms with Crippen molar-refractivity contribution < 1.29 is 13.7 Å². The summed E-state index contributed by atoms with van der Waals surface area (Å²) in [6.07, 6.45) is 2.24. The number of aromatic nitrogens is 1. The molecular formula is C13H12FN3O3. The molecule has 1 aromatic carbocycles. The maximum atomic E-state index is 13.2. The zero-order chi connectivity index (χ0) is 14.1. The zero-order valence-corrected chi connectivity index (χ0v) is 10.6. The second-order valence-corrected chi connectivity index (χ2v) is 4.67. The van der Waals surface area contributed by atoms with Crippen molar-refractivity contribution in [3.63, 3.8) is 0 Å². The average molecular weight is 277 g/mol. The number of benzene rings is 1. The van der Waals surface area contributed by atoms with Crippen LogP contribution in [0.2, 0.25) is 0 Å². The predicted octanol–water partition coefficient (Wildman–Crippen LogP) is 2.80. The van der Waals surface area contributed by atoms with Gasteiger partial charge in [-0.3, -0.25) is 15.0 Å². The van der Waals surface area contributed by atoms with E-state index in [1.807, 2.05) is 4.90 Å². The molecule has 0 N–H and O–H groups in total. The van der Waals surface area contributed by atoms with Gasteiger partial charge in [0.25, 0.3) is 5.69 Å². The van der Waals surface area contributed by atoms with Crippen LogP contribution in [-0.4, -0.2) is 27.9 Å². The molecule has 0 radical (unpaired) electrons. The number of non-ortho nitro benzene ring substituents is 1. The summed E-state index contributed by atoms with van der Waals surface area (Å²) in [6, 6.07) is 4.28. The first kappa shape index (κ1) is 12.7. The normalized spacial score (nSPS) is 16.4. The molecule has 0 saturated carbocycles. The SMILES string of the molecule is O=[N+]([O-])c1ccc2oc(CN3CCC=C(F)C3)nc2c1. The number of halogens is 1. The predicted molar refractivity (Wildman–Crippen MR) is 69.7 cm³/mol. The summed E-state index contributed by atoms with van der Waals surface area (Å²) in [5.74, 6) is 0.290. The number of hydrogen-bond donors (Lipinski definition) is 0. The molecule has 0 aliphatic carbocycles. The molecule has 0 atom stereocenters. The Morgan fingerprint density at radius 1 is 1.50 bits per heavy atom. The van der Waals surface area contributed by atoms with Crippen molar-refractivity contribution in [1.29, 1.82) is 0 Å². The summed E-state index contributed by atoms with van der Waals surface area (Å²) in [4.78, 5) is 16.3. The minimum Gasteiger partial charge on any atom is -0.439 e. The highest BCUT2D eigenvalue weighted by Gasteiger charge is 2.17. The van der Waals surface area contributed by atoms with Crippen LogP contribution in [0.25, 0.3) is 11.1 Å². The summed E-state index contributed by atoms with van der Waals surface area (Å²) in [5.41, 5.74) is 0.921. The first-order chi connectivity index (χ1) is 9.61. The summed E-state index contributed by atoms with van der Waals surface area (Å²) < 4.78 is 18.7. The van der Waals surface area contributed by atoms with Crippen LogP contribution in [0.15, 0.2) is 34.5 Å². The molecule has 104 valence electrons. The van der Waals surface area contributed by atoms with E-state index in [2.05, 4.69) is 4.98 Å². The molecule has 3 rings (SSSR count). The molecule has 0 bridgehead atoms. The van der Waals surface area contributed by atoms with Gasteiger partial charge in [0.15, 0.2) is 5.58 Å². The number of fused-ring (bicyclic) bond motifs is 1. The van der Waals surface area contributed by atoms with Gasteiger partial charge in [-0.2, -0.15) is 0 Å². The van der Waals surface area contributed by atoms with Crippen molar-refractivity contribution in [2.24, 2.45) is 0 Å². The van der Waals surface area contributed by atoms with E-state index in [4.69, 9.17) is 4.42 Å². The quantitative estimate of drug-likeness (QED) is 0.637. The smallest absolute Gasteiger partial charge is 0.271 e. The van der Waals surface area contributed by atoms with Gasteiger partial charge in [0, 0.05) is 18.7 Å². The Hall–Kier alpha value is -2.28. The third-order valence-electron chi connectivity index (χ3n) is 3.17. The van der Waals surface area contributed by atoms with E-state index in [0.717, 1.165) is 6.54 Å². The van der Waals surface area contributed by atoms with Crippen molar-refractivity contribution >= 4 is 16.8 Å². The molecule has 1 aliphatic rings. The van der Waals surface area contributed by atoms with E-state index >= 15 is 0 Å². The maximum Gasteiger partial charge on any atom is 0.271 e. The van der Waals surface area contributed by atoms with Gasteiger partial charge in [0.05, 0.1) is 18.0 Å². The lowest BCUT2D eigenvalue weighted by atomic mass is 10.2. The minimum atomic E-state index is -0.474. The lowest BCUT2D eigenvalue weighted by molar-refractivity contribution is -0.384. The monoisotopic (exact) mass is 277 g/mol. The van der Waals surface area contributed by atoms with E-state index in [9.17, 15) is 14.5 Å². The molecule has 6 nitrogen and oxygen atoms in total. The van der Waals surface area contributed by atoms with Gasteiger partial charge in [-0.05, 0) is 12.5 Å². The van der Waals surface area contributed by atoms with E-state index in [0.29, 0.717) is 30.0 Å². The average Bonchev–Trinajstić information content (AvgIpc) is 2.79. The van der Waals surface area contributed by atoms with Crippen LogP contribution in [0.1, 0.15) is 12.3 Å². The fourth-order valence-electron chi connectivity index (χ4n) is 2.23. The summed E-state index contributed by atoms with van der Waals surface area (Å²) in [7, 11) is 0. The Morgan fingerprint density at radius 3 is 3.10 bits per heavy atom. The fourth-order valence-corrected chi connectivity index (χ4v) is 2.23. The second kappa shape index (κ2) is 5.01. The lowest BCUT2D eigenvalue weighted by Crippen LogP contribution is -2.28. The van der Waals surface area contributed by atoms with Crippen molar-refractivity contribution in [3.05, 3.63) is 46.1 Å². The van der Waals surface area contributed by atoms with Crippen LogP contribution in [-0.2, 0) is 6.54 Å². The highest BCUT2D eigenvalue weighted by Crippen LogP contribution is 2.22. The van der Waals surface area contributed by atoms with E-state index in [1.54, 1.807) is 6.08 Å². The van der Waals surface area contributed by atoms with Gasteiger partial charge in [0.1, 0.15) is 11.3 Å². The fraction of sp³-hybridized carbons (Fsp3) is 0.308. The van der Waals surface area contributed by atoms with Crippen molar-refractivity contribution in [1.82, 2.24) is 9.88 Å². The first-order valence-electron chi connectivity index (χ1n) is 6.22. The molecule has 0 spiro atoms. The second-order valence-electron chi connectivity index (χ2n) is 4.67. The topological polar surface area (TPSA) is 72.4 Å². The molecule has 0 saturated heterocycles. The molecule has 20 heavy (non-hydrogen) atoms. The van der Waals surface area contributed by atoms with Crippen LogP contribution < -0.4 is 0 Å². The van der Waals surface area contributed by atoms with Crippen LogP contribution in [0.5, 0.6) is 0 Å². The number of nitrogens with zero attached hydrogens (tertiary/aromatic N) is 3. The van der Waals surface area contributed by atoms with Gasteiger partial charge in [-0.15, -0.1) is 0 Å². The van der Waals surface area contributed by atoms with Gasteiger partial charge >= 0.3 is 0 Å². The number of hydrogen-bond acceptors (Lipinski definition) is 5. The number of nitro groups is 1. The molecule has 7 heteroatoms. The highest BCUT2D eigenvalue weighted by atomic mass is 19.1. The Labute approximate surface area is 113 Å². The Kier molecular flexibility index (Phi) is 3.19. The van der Waals surface area contributed by atoms with Gasteiger partial charge in [-0.25, -0.2) is 9.37 Å². The van der Waals surface area contributed by atoms with Crippen molar-refractivity contribution in [2.45, 2.75) is 13.0 Å². The summed E-state index contributed by atoms with van der Waals surface area (Å²) >= 11 is 0. The van der Waals surface area contributed by atoms with E-state index in [1.165, 1.54) is 18.2 Å². The molecule has 2 heterocycles. The molecule has 1 aromatic heterocycles. The number of nitro benzene ring substituents is 1. The Balaban J connectivity index is 1.82. The van der Waals surface area contributed by atoms with E-state index < -0.39 is 4.92 Å². The van der Waals surface area contributed by atoms with Crippen molar-refractivity contribution in [2.75, 3.05) is 13.1 Å². The highest BCUT2D eigenvalue weighted by molar-refractivity contribution is 5.75. The Morgan fingerprint density at radius 2 is 2.35 bits per heavy atom. The molecule has 1 aliphatic heterocycles. The lowest BCUT2D eigenvalue weighted by Gasteiger charge is -2.22. The molecule has 0 fully saturated rings. The third kappa shape index (κ3) is 2.53. The van der Waals surface area contributed by atoms with Gasteiger partial charge in [0.2, 0.25) is 5.89 Å². The van der Waals surface area contributed by atoms with Crippen LogP contribution in [0, 0.1) is 10.1 Å². The largest absolute Gasteiger partial charge is 0.439 e. The zero-order valence-electron chi connectivity index (χ0n) is 10.6. The third-order valence-corrected chi connectivity index (χ3v) is 3.17. The van der Waals surface area contributed by atoms with Crippen LogP contribution in [0.4, 0.5) is 10.1 Å². The number of oxazole rings is 1. The molecule has 0 unspecified atom stereocenters.